The first-order valence-corrected chi connectivity index (χ1v) is 12.1. The summed E-state index contributed by atoms with van der Waals surface area (Å²) < 4.78 is 1.38. The fraction of sp³-hybridized carbons (Fsp3) is 1.00. The quantitative estimate of drug-likeness (QED) is 0.153. The summed E-state index contributed by atoms with van der Waals surface area (Å²) in [5, 5.41) is 0. The molecule has 0 N–H and O–H groups in total. The number of nitrogens with zero attached hydrogens (tertiary/aromatic N) is 1. The average molecular weight is 355 g/mol. The number of hydrogen-bond acceptors (Lipinski definition) is 0. The molecule has 1 nitrogen and oxygen atoms in total. The van der Waals surface area contributed by atoms with Crippen molar-refractivity contribution in [1.82, 2.24) is 0 Å². The molecule has 0 atom stereocenters. The van der Waals surface area contributed by atoms with Crippen LogP contribution in [0.15, 0.2) is 0 Å². The van der Waals surface area contributed by atoms with Gasteiger partial charge in [-0.05, 0) is 39.5 Å². The number of hydrogen-bond donors (Lipinski definition) is 0. The van der Waals surface area contributed by atoms with Crippen LogP contribution >= 0.6 is 0 Å². The maximum Gasteiger partial charge on any atom is 0.0786 e. The van der Waals surface area contributed by atoms with Crippen LogP contribution in [0.1, 0.15) is 130 Å². The summed E-state index contributed by atoms with van der Waals surface area (Å²) in [6.07, 6.45) is 23.1. The van der Waals surface area contributed by atoms with Gasteiger partial charge in [0.1, 0.15) is 0 Å². The summed E-state index contributed by atoms with van der Waals surface area (Å²) in [5.74, 6) is 0. The van der Waals surface area contributed by atoms with Gasteiger partial charge in [-0.2, -0.15) is 0 Å². The van der Waals surface area contributed by atoms with E-state index in [1.807, 2.05) is 0 Å². The van der Waals surface area contributed by atoms with E-state index in [9.17, 15) is 0 Å². The highest BCUT2D eigenvalue weighted by molar-refractivity contribution is 4.50. The summed E-state index contributed by atoms with van der Waals surface area (Å²) in [7, 11) is 0. The van der Waals surface area contributed by atoms with E-state index in [1.54, 1.807) is 0 Å². The molecule has 25 heavy (non-hydrogen) atoms. The highest BCUT2D eigenvalue weighted by atomic mass is 15.3. The normalized spacial score (nSPS) is 12.0. The molecule has 0 aromatic carbocycles. The van der Waals surface area contributed by atoms with Crippen molar-refractivity contribution in [2.75, 3.05) is 26.2 Å². The molecular weight excluding hydrogens is 302 g/mol. The molecule has 0 aromatic heterocycles. The lowest BCUT2D eigenvalue weighted by atomic mass is 10.1. The maximum absolute atomic E-state index is 2.42. The Bertz CT molecular complexity index is 222. The number of quaternary nitrogens is 1. The van der Waals surface area contributed by atoms with Gasteiger partial charge in [0.05, 0.1) is 26.2 Å². The lowest BCUT2D eigenvalue weighted by molar-refractivity contribution is -0.925. The molecule has 0 heterocycles. The van der Waals surface area contributed by atoms with Crippen LogP contribution in [0.2, 0.25) is 0 Å². The predicted molar refractivity (Wildman–Crippen MR) is 116 cm³/mol. The third kappa shape index (κ3) is 14.8. The van der Waals surface area contributed by atoms with Gasteiger partial charge >= 0.3 is 0 Å². The van der Waals surface area contributed by atoms with Crippen molar-refractivity contribution >= 4 is 0 Å². The van der Waals surface area contributed by atoms with Gasteiger partial charge in [0.2, 0.25) is 0 Å². The minimum absolute atomic E-state index is 1.34. The van der Waals surface area contributed by atoms with E-state index in [-0.39, 0.29) is 0 Å². The van der Waals surface area contributed by atoms with E-state index in [4.69, 9.17) is 0 Å². The SMILES string of the molecule is CCCCCCCCCC[N+](CC)(CC)CCCCCCCCCC. The van der Waals surface area contributed by atoms with Crippen molar-refractivity contribution in [3.8, 4) is 0 Å². The molecule has 0 radical (unpaired) electrons. The van der Waals surface area contributed by atoms with Gasteiger partial charge in [0.15, 0.2) is 0 Å². The molecule has 0 aliphatic rings. The highest BCUT2D eigenvalue weighted by Crippen LogP contribution is 2.16. The van der Waals surface area contributed by atoms with E-state index in [1.165, 1.54) is 133 Å². The van der Waals surface area contributed by atoms with Crippen LogP contribution in [0.5, 0.6) is 0 Å². The standard InChI is InChI=1S/C24H52N/c1-5-9-11-13-15-17-19-21-23-25(7-3,8-4)24-22-20-18-16-14-12-10-6-2/h5-24H2,1-4H3/q+1. The van der Waals surface area contributed by atoms with E-state index >= 15 is 0 Å². The fourth-order valence-electron chi connectivity index (χ4n) is 4.13. The van der Waals surface area contributed by atoms with Crippen LogP contribution in [0.25, 0.3) is 0 Å². The summed E-state index contributed by atoms with van der Waals surface area (Å²) in [6.45, 7) is 15.0. The maximum atomic E-state index is 2.42. The van der Waals surface area contributed by atoms with Crippen molar-refractivity contribution < 1.29 is 4.48 Å². The Balaban J connectivity index is 3.70. The zero-order valence-corrected chi connectivity index (χ0v) is 18.6. The van der Waals surface area contributed by atoms with Crippen LogP contribution in [-0.2, 0) is 0 Å². The smallest absolute Gasteiger partial charge is 0.0786 e. The zero-order chi connectivity index (χ0) is 18.6. The highest BCUT2D eigenvalue weighted by Gasteiger charge is 2.21. The van der Waals surface area contributed by atoms with Crippen LogP contribution < -0.4 is 0 Å². The second-order valence-corrected chi connectivity index (χ2v) is 8.37. The van der Waals surface area contributed by atoms with E-state index in [2.05, 4.69) is 27.7 Å². The van der Waals surface area contributed by atoms with Gasteiger partial charge in [-0.25, -0.2) is 0 Å². The minimum Gasteiger partial charge on any atom is -0.324 e. The lowest BCUT2D eigenvalue weighted by Crippen LogP contribution is -2.49. The molecule has 0 amide bonds. The summed E-state index contributed by atoms with van der Waals surface area (Å²) in [6, 6.07) is 0. The minimum atomic E-state index is 1.34. The Labute approximate surface area is 161 Å². The Morgan fingerprint density at radius 3 is 0.920 bits per heavy atom. The molecule has 0 aromatic rings. The van der Waals surface area contributed by atoms with Crippen LogP contribution in [0, 0.1) is 0 Å². The first-order chi connectivity index (χ1) is 12.2. The molecule has 0 unspecified atom stereocenters. The van der Waals surface area contributed by atoms with Crippen molar-refractivity contribution in [3.05, 3.63) is 0 Å². The molecule has 0 aliphatic heterocycles. The second kappa shape index (κ2) is 18.7. The largest absolute Gasteiger partial charge is 0.324 e. The molecule has 0 aliphatic carbocycles. The predicted octanol–water partition coefficient (Wildman–Crippen LogP) is 8.12. The molecule has 1 heteroatoms. The van der Waals surface area contributed by atoms with Crippen molar-refractivity contribution in [2.24, 2.45) is 0 Å². The first kappa shape index (κ1) is 25.0. The summed E-state index contributed by atoms with van der Waals surface area (Å²) >= 11 is 0. The van der Waals surface area contributed by atoms with Crippen LogP contribution in [-0.4, -0.2) is 30.7 Å². The Morgan fingerprint density at radius 1 is 0.360 bits per heavy atom. The van der Waals surface area contributed by atoms with Crippen molar-refractivity contribution in [2.45, 2.75) is 130 Å². The van der Waals surface area contributed by atoms with Gasteiger partial charge in [0, 0.05) is 0 Å². The van der Waals surface area contributed by atoms with Gasteiger partial charge in [-0.3, -0.25) is 0 Å². The van der Waals surface area contributed by atoms with Crippen LogP contribution in [0.3, 0.4) is 0 Å². The first-order valence-electron chi connectivity index (χ1n) is 12.1. The van der Waals surface area contributed by atoms with Gasteiger partial charge in [-0.15, -0.1) is 0 Å². The third-order valence-electron chi connectivity index (χ3n) is 6.31. The van der Waals surface area contributed by atoms with Gasteiger partial charge < -0.3 is 4.48 Å². The fourth-order valence-corrected chi connectivity index (χ4v) is 4.13. The molecule has 0 fully saturated rings. The lowest BCUT2D eigenvalue weighted by Gasteiger charge is -2.37. The number of rotatable bonds is 20. The molecule has 0 saturated carbocycles. The van der Waals surface area contributed by atoms with Gasteiger partial charge in [-0.1, -0.05) is 90.9 Å². The van der Waals surface area contributed by atoms with E-state index in [0.717, 1.165) is 0 Å². The monoisotopic (exact) mass is 354 g/mol. The Hall–Kier alpha value is -0.0400. The van der Waals surface area contributed by atoms with Crippen molar-refractivity contribution in [3.63, 3.8) is 0 Å². The molecular formula is C24H52N+. The molecule has 0 spiro atoms. The van der Waals surface area contributed by atoms with E-state index in [0.29, 0.717) is 0 Å². The summed E-state index contributed by atoms with van der Waals surface area (Å²) in [5.41, 5.74) is 0. The second-order valence-electron chi connectivity index (χ2n) is 8.37. The zero-order valence-electron chi connectivity index (χ0n) is 18.6. The third-order valence-corrected chi connectivity index (χ3v) is 6.31. The molecule has 152 valence electrons. The Kier molecular flexibility index (Phi) is 18.7. The Morgan fingerprint density at radius 2 is 0.640 bits per heavy atom. The van der Waals surface area contributed by atoms with Gasteiger partial charge in [0.25, 0.3) is 0 Å². The topological polar surface area (TPSA) is 0 Å². The van der Waals surface area contributed by atoms with Crippen LogP contribution in [0.4, 0.5) is 0 Å². The van der Waals surface area contributed by atoms with Crippen molar-refractivity contribution in [1.29, 1.82) is 0 Å². The average Bonchev–Trinajstić information content (AvgIpc) is 2.64. The van der Waals surface area contributed by atoms with E-state index < -0.39 is 0 Å². The summed E-state index contributed by atoms with van der Waals surface area (Å²) in [4.78, 5) is 0. The molecule has 0 bridgehead atoms. The number of unbranched alkanes of at least 4 members (excludes halogenated alkanes) is 14. The molecule has 0 saturated heterocycles. The molecule has 0 rings (SSSR count).